The molecule has 2 amide bonds. The maximum absolute atomic E-state index is 13.2. The highest BCUT2D eigenvalue weighted by Gasteiger charge is 2.19. The Balaban J connectivity index is 1.82. The summed E-state index contributed by atoms with van der Waals surface area (Å²) < 4.78 is 28.9. The Hall–Kier alpha value is -4.07. The summed E-state index contributed by atoms with van der Waals surface area (Å²) >= 11 is 0. The molecule has 3 aromatic rings. The van der Waals surface area contributed by atoms with E-state index in [1.807, 2.05) is 0 Å². The van der Waals surface area contributed by atoms with Gasteiger partial charge in [0.05, 0.1) is 26.5 Å². The second kappa shape index (κ2) is 10.3. The first kappa shape index (κ1) is 22.6. The lowest BCUT2D eigenvalue weighted by Crippen LogP contribution is -2.36. The number of benzene rings is 2. The van der Waals surface area contributed by atoms with Crippen LogP contribution in [0.4, 0.5) is 4.39 Å². The fourth-order valence-electron chi connectivity index (χ4n) is 2.96. The molecule has 1 unspecified atom stereocenters. The van der Waals surface area contributed by atoms with Crippen molar-refractivity contribution in [2.24, 2.45) is 0 Å². The van der Waals surface area contributed by atoms with E-state index in [9.17, 15) is 14.0 Å². The van der Waals surface area contributed by atoms with E-state index in [2.05, 4.69) is 10.6 Å². The van der Waals surface area contributed by atoms with Gasteiger partial charge in [0.2, 0.25) is 0 Å². The average molecular weight is 438 g/mol. The second-order valence-corrected chi connectivity index (χ2v) is 6.84. The molecule has 0 aliphatic heterocycles. The minimum atomic E-state index is -0.535. The molecule has 3 rings (SSSR count). The van der Waals surface area contributed by atoms with Crippen LogP contribution in [0.2, 0.25) is 0 Å². The molecule has 8 heteroatoms. The molecule has 1 heterocycles. The number of furan rings is 1. The third kappa shape index (κ3) is 5.54. The Morgan fingerprint density at radius 1 is 1.03 bits per heavy atom. The van der Waals surface area contributed by atoms with Crippen molar-refractivity contribution in [2.75, 3.05) is 14.2 Å². The van der Waals surface area contributed by atoms with Gasteiger partial charge in [0.25, 0.3) is 11.8 Å². The molecule has 0 spiro atoms. The Morgan fingerprint density at radius 3 is 2.38 bits per heavy atom. The zero-order valence-electron chi connectivity index (χ0n) is 17.8. The largest absolute Gasteiger partial charge is 0.493 e. The molecule has 32 heavy (non-hydrogen) atoms. The van der Waals surface area contributed by atoms with E-state index >= 15 is 0 Å². The third-order valence-corrected chi connectivity index (χ3v) is 4.69. The fourth-order valence-corrected chi connectivity index (χ4v) is 2.96. The quantitative estimate of drug-likeness (QED) is 0.517. The average Bonchev–Trinajstić information content (AvgIpc) is 3.31. The molecule has 0 aliphatic carbocycles. The predicted molar refractivity (Wildman–Crippen MR) is 117 cm³/mol. The third-order valence-electron chi connectivity index (χ3n) is 4.69. The van der Waals surface area contributed by atoms with Crippen LogP contribution in [0.1, 0.15) is 34.6 Å². The lowest BCUT2D eigenvalue weighted by molar-refractivity contribution is -0.118. The molecule has 0 fully saturated rings. The standard InChI is InChI=1S/C24H23FN2O5/c1-15(16-6-9-18(25)10-7-16)26-24(29)20(14-19-5-4-12-32-19)27-23(28)17-8-11-21(30-2)22(13-17)31-3/h4-15H,1-3H3,(H,26,29)(H,27,28)/b20-14-. The lowest BCUT2D eigenvalue weighted by atomic mass is 10.1. The van der Waals surface area contributed by atoms with Gasteiger partial charge in [-0.2, -0.15) is 0 Å². The van der Waals surface area contributed by atoms with Crippen LogP contribution in [0.3, 0.4) is 0 Å². The molecule has 0 saturated heterocycles. The number of carbonyl (C=O) groups excluding carboxylic acids is 2. The summed E-state index contributed by atoms with van der Waals surface area (Å²) in [4.78, 5) is 25.8. The molecular weight excluding hydrogens is 415 g/mol. The molecular formula is C24H23FN2O5. The van der Waals surface area contributed by atoms with Crippen molar-refractivity contribution in [2.45, 2.75) is 13.0 Å². The van der Waals surface area contributed by atoms with E-state index in [1.165, 1.54) is 44.8 Å². The van der Waals surface area contributed by atoms with Crippen LogP contribution >= 0.6 is 0 Å². The topological polar surface area (TPSA) is 89.8 Å². The first-order valence-electron chi connectivity index (χ1n) is 9.76. The Morgan fingerprint density at radius 2 is 1.75 bits per heavy atom. The van der Waals surface area contributed by atoms with E-state index in [0.717, 1.165) is 0 Å². The SMILES string of the molecule is COc1ccc(C(=O)N/C(=C\c2ccco2)C(=O)NC(C)c2ccc(F)cc2)cc1OC. The highest BCUT2D eigenvalue weighted by atomic mass is 19.1. The van der Waals surface area contributed by atoms with Gasteiger partial charge in [0.15, 0.2) is 11.5 Å². The molecule has 166 valence electrons. The van der Waals surface area contributed by atoms with Crippen molar-refractivity contribution >= 4 is 17.9 Å². The molecule has 0 aliphatic rings. The summed E-state index contributed by atoms with van der Waals surface area (Å²) in [5.74, 6) is -0.183. The summed E-state index contributed by atoms with van der Waals surface area (Å²) in [6, 6.07) is 13.3. The number of carbonyl (C=O) groups is 2. The summed E-state index contributed by atoms with van der Waals surface area (Å²) in [7, 11) is 2.96. The number of rotatable bonds is 8. The minimum absolute atomic E-state index is 0.0197. The number of halogens is 1. The molecule has 0 radical (unpaired) electrons. The molecule has 7 nitrogen and oxygen atoms in total. The van der Waals surface area contributed by atoms with Crippen molar-refractivity contribution in [1.82, 2.24) is 10.6 Å². The Kier molecular flexibility index (Phi) is 7.28. The van der Waals surface area contributed by atoms with Crippen molar-refractivity contribution < 1.29 is 27.9 Å². The van der Waals surface area contributed by atoms with Crippen LogP contribution in [-0.2, 0) is 4.79 Å². The summed E-state index contributed by atoms with van der Waals surface area (Å²) in [6.07, 6.45) is 2.88. The van der Waals surface area contributed by atoms with Gasteiger partial charge >= 0.3 is 0 Å². The monoisotopic (exact) mass is 438 g/mol. The smallest absolute Gasteiger partial charge is 0.268 e. The summed E-state index contributed by atoms with van der Waals surface area (Å²) in [5, 5.41) is 5.41. The highest BCUT2D eigenvalue weighted by molar-refractivity contribution is 6.05. The van der Waals surface area contributed by atoms with E-state index in [1.54, 1.807) is 43.3 Å². The van der Waals surface area contributed by atoms with Crippen molar-refractivity contribution in [1.29, 1.82) is 0 Å². The van der Waals surface area contributed by atoms with Gasteiger partial charge in [0, 0.05) is 11.6 Å². The zero-order chi connectivity index (χ0) is 23.1. The van der Waals surface area contributed by atoms with E-state index in [4.69, 9.17) is 13.9 Å². The van der Waals surface area contributed by atoms with Crippen LogP contribution in [0.25, 0.3) is 6.08 Å². The fraction of sp³-hybridized carbons (Fsp3) is 0.167. The molecule has 0 saturated carbocycles. The number of hydrogen-bond donors (Lipinski definition) is 2. The maximum Gasteiger partial charge on any atom is 0.268 e. The summed E-state index contributed by atoms with van der Waals surface area (Å²) in [6.45, 7) is 1.76. The Labute approximate surface area is 184 Å². The molecule has 1 aromatic heterocycles. The lowest BCUT2D eigenvalue weighted by Gasteiger charge is -2.17. The van der Waals surface area contributed by atoms with Gasteiger partial charge in [0.1, 0.15) is 17.3 Å². The normalized spacial score (nSPS) is 12.1. The van der Waals surface area contributed by atoms with Crippen LogP contribution < -0.4 is 20.1 Å². The number of methoxy groups -OCH3 is 2. The van der Waals surface area contributed by atoms with Crippen molar-refractivity contribution in [3.8, 4) is 11.5 Å². The van der Waals surface area contributed by atoms with Crippen LogP contribution in [0.5, 0.6) is 11.5 Å². The van der Waals surface area contributed by atoms with Gasteiger partial charge in [-0.15, -0.1) is 0 Å². The van der Waals surface area contributed by atoms with Gasteiger partial charge in [-0.25, -0.2) is 4.39 Å². The van der Waals surface area contributed by atoms with Gasteiger partial charge in [-0.1, -0.05) is 12.1 Å². The number of amides is 2. The highest BCUT2D eigenvalue weighted by Crippen LogP contribution is 2.27. The number of ether oxygens (including phenoxy) is 2. The van der Waals surface area contributed by atoms with Crippen LogP contribution in [0.15, 0.2) is 71.0 Å². The van der Waals surface area contributed by atoms with Crippen LogP contribution in [0, 0.1) is 5.82 Å². The first-order chi connectivity index (χ1) is 15.4. The first-order valence-corrected chi connectivity index (χ1v) is 9.76. The number of hydrogen-bond acceptors (Lipinski definition) is 5. The van der Waals surface area contributed by atoms with Gasteiger partial charge in [-0.3, -0.25) is 9.59 Å². The molecule has 0 bridgehead atoms. The minimum Gasteiger partial charge on any atom is -0.493 e. The van der Waals surface area contributed by atoms with E-state index in [-0.39, 0.29) is 17.1 Å². The second-order valence-electron chi connectivity index (χ2n) is 6.84. The van der Waals surface area contributed by atoms with Crippen molar-refractivity contribution in [3.05, 3.63) is 89.3 Å². The molecule has 2 N–H and O–H groups in total. The summed E-state index contributed by atoms with van der Waals surface area (Å²) in [5.41, 5.74) is 0.962. The van der Waals surface area contributed by atoms with Gasteiger partial charge in [-0.05, 0) is 55.0 Å². The maximum atomic E-state index is 13.2. The van der Waals surface area contributed by atoms with E-state index in [0.29, 0.717) is 22.8 Å². The van der Waals surface area contributed by atoms with Gasteiger partial charge < -0.3 is 24.5 Å². The van der Waals surface area contributed by atoms with E-state index < -0.39 is 17.9 Å². The zero-order valence-corrected chi connectivity index (χ0v) is 17.8. The van der Waals surface area contributed by atoms with Crippen molar-refractivity contribution in [3.63, 3.8) is 0 Å². The van der Waals surface area contributed by atoms with Crippen LogP contribution in [-0.4, -0.2) is 26.0 Å². The molecule has 2 aromatic carbocycles. The predicted octanol–water partition coefficient (Wildman–Crippen LogP) is 4.08. The number of nitrogens with one attached hydrogen (secondary N) is 2. The molecule has 1 atom stereocenters. The Bertz CT molecular complexity index is 1110.